The summed E-state index contributed by atoms with van der Waals surface area (Å²) in [6, 6.07) is 1.30. The van der Waals surface area contributed by atoms with E-state index < -0.39 is 0 Å². The Morgan fingerprint density at radius 2 is 2.05 bits per heavy atom. The van der Waals surface area contributed by atoms with Crippen LogP contribution in [0.1, 0.15) is 40.5 Å². The van der Waals surface area contributed by atoms with Gasteiger partial charge in [0, 0.05) is 43.8 Å². The Bertz CT molecular complexity index is 290. The van der Waals surface area contributed by atoms with Gasteiger partial charge in [0.2, 0.25) is 0 Å². The van der Waals surface area contributed by atoms with Gasteiger partial charge in [-0.2, -0.15) is 0 Å². The first-order valence-electron chi connectivity index (χ1n) is 7.76. The Labute approximate surface area is 118 Å². The van der Waals surface area contributed by atoms with Crippen molar-refractivity contribution in [3.63, 3.8) is 0 Å². The van der Waals surface area contributed by atoms with E-state index >= 15 is 0 Å². The van der Waals surface area contributed by atoms with Crippen molar-refractivity contribution in [2.45, 2.75) is 64.3 Å². The molecule has 3 unspecified atom stereocenters. The SMILES string of the molecule is CC1CN2CCCC2CN1CC(O)CNC(C)(C)C. The van der Waals surface area contributed by atoms with Crippen LogP contribution in [-0.4, -0.2) is 71.4 Å². The van der Waals surface area contributed by atoms with Crippen molar-refractivity contribution in [2.75, 3.05) is 32.7 Å². The van der Waals surface area contributed by atoms with E-state index in [-0.39, 0.29) is 11.6 Å². The Kier molecular flexibility index (Phi) is 4.88. The number of aliphatic hydroxyl groups excluding tert-OH is 1. The second-order valence-corrected chi connectivity index (χ2v) is 7.38. The van der Waals surface area contributed by atoms with E-state index in [1.165, 1.54) is 25.9 Å². The van der Waals surface area contributed by atoms with Crippen molar-refractivity contribution >= 4 is 0 Å². The largest absolute Gasteiger partial charge is 0.390 e. The van der Waals surface area contributed by atoms with Crippen LogP contribution in [-0.2, 0) is 0 Å². The van der Waals surface area contributed by atoms with E-state index in [2.05, 4.69) is 42.8 Å². The zero-order valence-corrected chi connectivity index (χ0v) is 13.0. The summed E-state index contributed by atoms with van der Waals surface area (Å²) in [4.78, 5) is 5.10. The van der Waals surface area contributed by atoms with Crippen molar-refractivity contribution in [1.82, 2.24) is 15.1 Å². The highest BCUT2D eigenvalue weighted by atomic mass is 16.3. The van der Waals surface area contributed by atoms with Gasteiger partial charge in [0.25, 0.3) is 0 Å². The Balaban J connectivity index is 1.78. The van der Waals surface area contributed by atoms with Crippen molar-refractivity contribution in [2.24, 2.45) is 0 Å². The highest BCUT2D eigenvalue weighted by Crippen LogP contribution is 2.24. The number of β-amino-alcohol motifs (C(OH)–C–C–N with tert-alkyl or cyclic N) is 1. The normalized spacial score (nSPS) is 31.4. The molecule has 0 aliphatic carbocycles. The van der Waals surface area contributed by atoms with Gasteiger partial charge in [-0.05, 0) is 47.1 Å². The minimum atomic E-state index is -0.269. The Morgan fingerprint density at radius 1 is 1.32 bits per heavy atom. The minimum Gasteiger partial charge on any atom is -0.390 e. The molecule has 2 aliphatic heterocycles. The molecular formula is C15H31N3O. The van der Waals surface area contributed by atoms with Gasteiger partial charge >= 0.3 is 0 Å². The van der Waals surface area contributed by atoms with Gasteiger partial charge in [-0.3, -0.25) is 9.80 Å². The highest BCUT2D eigenvalue weighted by molar-refractivity contribution is 4.91. The van der Waals surface area contributed by atoms with Crippen LogP contribution in [0.2, 0.25) is 0 Å². The summed E-state index contributed by atoms with van der Waals surface area (Å²) in [5.41, 5.74) is 0.0801. The third-order valence-electron chi connectivity index (χ3n) is 4.38. The Morgan fingerprint density at radius 3 is 2.74 bits per heavy atom. The molecule has 2 fully saturated rings. The molecule has 4 heteroatoms. The first-order valence-corrected chi connectivity index (χ1v) is 7.76. The maximum absolute atomic E-state index is 10.2. The fourth-order valence-electron chi connectivity index (χ4n) is 3.26. The fraction of sp³-hybridized carbons (Fsp3) is 1.00. The summed E-state index contributed by atoms with van der Waals surface area (Å²) in [7, 11) is 0. The average molecular weight is 269 g/mol. The fourth-order valence-corrected chi connectivity index (χ4v) is 3.26. The summed E-state index contributed by atoms with van der Waals surface area (Å²) >= 11 is 0. The molecule has 0 aromatic heterocycles. The number of nitrogens with zero attached hydrogens (tertiary/aromatic N) is 2. The van der Waals surface area contributed by atoms with Crippen molar-refractivity contribution in [1.29, 1.82) is 0 Å². The smallest absolute Gasteiger partial charge is 0.0791 e. The molecule has 0 amide bonds. The molecule has 0 aromatic carbocycles. The summed E-state index contributed by atoms with van der Waals surface area (Å²) in [6.45, 7) is 13.8. The second kappa shape index (κ2) is 6.08. The van der Waals surface area contributed by atoms with Gasteiger partial charge in [0.05, 0.1) is 6.10 Å². The van der Waals surface area contributed by atoms with E-state index in [4.69, 9.17) is 0 Å². The lowest BCUT2D eigenvalue weighted by Gasteiger charge is -2.43. The monoisotopic (exact) mass is 269 g/mol. The van der Waals surface area contributed by atoms with Gasteiger partial charge in [0.1, 0.15) is 0 Å². The first-order chi connectivity index (χ1) is 8.85. The van der Waals surface area contributed by atoms with Gasteiger partial charge in [-0.1, -0.05) is 0 Å². The van der Waals surface area contributed by atoms with Crippen LogP contribution in [0.4, 0.5) is 0 Å². The average Bonchev–Trinajstić information content (AvgIpc) is 2.73. The number of rotatable bonds is 4. The number of hydrogen-bond donors (Lipinski definition) is 2. The molecule has 112 valence electrons. The molecule has 2 rings (SSSR count). The van der Waals surface area contributed by atoms with Crippen molar-refractivity contribution in [3.05, 3.63) is 0 Å². The maximum Gasteiger partial charge on any atom is 0.0791 e. The summed E-state index contributed by atoms with van der Waals surface area (Å²) in [6.07, 6.45) is 2.41. The molecular weight excluding hydrogens is 238 g/mol. The van der Waals surface area contributed by atoms with E-state index in [0.717, 1.165) is 19.1 Å². The molecule has 4 nitrogen and oxygen atoms in total. The molecule has 2 saturated heterocycles. The molecule has 2 aliphatic rings. The molecule has 2 heterocycles. The number of aliphatic hydroxyl groups is 1. The lowest BCUT2D eigenvalue weighted by molar-refractivity contribution is 0.0218. The lowest BCUT2D eigenvalue weighted by Crippen LogP contribution is -2.57. The predicted molar refractivity (Wildman–Crippen MR) is 79.4 cm³/mol. The van der Waals surface area contributed by atoms with Crippen molar-refractivity contribution < 1.29 is 5.11 Å². The number of hydrogen-bond acceptors (Lipinski definition) is 4. The van der Waals surface area contributed by atoms with Gasteiger partial charge in [0.15, 0.2) is 0 Å². The summed E-state index contributed by atoms with van der Waals surface area (Å²) in [5.74, 6) is 0. The molecule has 0 radical (unpaired) electrons. The van der Waals surface area contributed by atoms with Crippen LogP contribution < -0.4 is 5.32 Å². The molecule has 3 atom stereocenters. The molecule has 19 heavy (non-hydrogen) atoms. The summed E-state index contributed by atoms with van der Waals surface area (Å²) < 4.78 is 0. The summed E-state index contributed by atoms with van der Waals surface area (Å²) in [5, 5.41) is 13.6. The minimum absolute atomic E-state index is 0.0801. The quantitative estimate of drug-likeness (QED) is 0.795. The maximum atomic E-state index is 10.2. The zero-order chi connectivity index (χ0) is 14.0. The van der Waals surface area contributed by atoms with Crippen LogP contribution in [0.15, 0.2) is 0 Å². The number of piperazine rings is 1. The van der Waals surface area contributed by atoms with Gasteiger partial charge < -0.3 is 10.4 Å². The first kappa shape index (κ1) is 15.2. The molecule has 0 bridgehead atoms. The standard InChI is InChI=1S/C15H31N3O/c1-12-9-17-7-5-6-13(17)10-18(12)11-14(19)8-16-15(2,3)4/h12-14,16,19H,5-11H2,1-4H3. The van der Waals surface area contributed by atoms with Crippen molar-refractivity contribution in [3.8, 4) is 0 Å². The number of fused-ring (bicyclic) bond motifs is 1. The highest BCUT2D eigenvalue weighted by Gasteiger charge is 2.34. The van der Waals surface area contributed by atoms with E-state index in [1.54, 1.807) is 0 Å². The van der Waals surface area contributed by atoms with E-state index in [1.807, 2.05) is 0 Å². The molecule has 0 aromatic rings. The van der Waals surface area contributed by atoms with E-state index in [9.17, 15) is 5.11 Å². The van der Waals surface area contributed by atoms with E-state index in [0.29, 0.717) is 12.6 Å². The van der Waals surface area contributed by atoms with Crippen LogP contribution in [0.25, 0.3) is 0 Å². The second-order valence-electron chi connectivity index (χ2n) is 7.38. The molecule has 0 saturated carbocycles. The third-order valence-corrected chi connectivity index (χ3v) is 4.38. The zero-order valence-electron chi connectivity index (χ0n) is 13.0. The van der Waals surface area contributed by atoms with Gasteiger partial charge in [-0.15, -0.1) is 0 Å². The van der Waals surface area contributed by atoms with Crippen LogP contribution in [0.5, 0.6) is 0 Å². The topological polar surface area (TPSA) is 38.7 Å². The molecule has 0 spiro atoms. The third kappa shape index (κ3) is 4.42. The molecule has 2 N–H and O–H groups in total. The van der Waals surface area contributed by atoms with Crippen LogP contribution in [0, 0.1) is 0 Å². The van der Waals surface area contributed by atoms with Crippen LogP contribution >= 0.6 is 0 Å². The lowest BCUT2D eigenvalue weighted by atomic mass is 10.1. The number of nitrogens with one attached hydrogen (secondary N) is 1. The van der Waals surface area contributed by atoms with Crippen LogP contribution in [0.3, 0.4) is 0 Å². The predicted octanol–water partition coefficient (Wildman–Crippen LogP) is 0.904. The Hall–Kier alpha value is -0.160. The van der Waals surface area contributed by atoms with Gasteiger partial charge in [-0.25, -0.2) is 0 Å².